The highest BCUT2D eigenvalue weighted by Crippen LogP contribution is 2.58. The van der Waals surface area contributed by atoms with E-state index in [0.717, 1.165) is 203 Å². The molecule has 0 saturated heterocycles. The lowest BCUT2D eigenvalue weighted by Crippen LogP contribution is -2.22. The fourth-order valence-electron chi connectivity index (χ4n) is 23.1. The number of furan rings is 4. The van der Waals surface area contributed by atoms with Gasteiger partial charge in [-0.2, -0.15) is 0 Å². The smallest absolute Gasteiger partial charge is 0.164 e. The van der Waals surface area contributed by atoms with Crippen LogP contribution in [0, 0.1) is 0 Å². The van der Waals surface area contributed by atoms with E-state index >= 15 is 0 Å². The van der Waals surface area contributed by atoms with Crippen LogP contribution in [-0.2, 0) is 16.2 Å². The molecule has 12 heteroatoms. The fourth-order valence-corrected chi connectivity index (χ4v) is 23.1. The maximum atomic E-state index is 6.72. The second kappa shape index (κ2) is 34.0. The topological polar surface area (TPSA) is 156 Å². The molecule has 142 heavy (non-hydrogen) atoms. The minimum Gasteiger partial charge on any atom is -0.456 e. The molecular weight excluding hydrogens is 1740 g/mol. The Morgan fingerprint density at radius 1 is 0.183 bits per heavy atom. The quantitative estimate of drug-likeness (QED) is 0.0959. The first-order valence-electron chi connectivity index (χ1n) is 49.4. The van der Waals surface area contributed by atoms with E-state index in [1.54, 1.807) is 0 Å². The highest BCUT2D eigenvalue weighted by atomic mass is 16.3. The molecule has 678 valence electrons. The summed E-state index contributed by atoms with van der Waals surface area (Å²) in [5.41, 5.74) is 36.9. The van der Waals surface area contributed by atoms with Crippen LogP contribution in [0.5, 0.6) is 0 Å². The van der Waals surface area contributed by atoms with Crippen LogP contribution >= 0.6 is 0 Å². The SMILES string of the molecule is CCC1(C)c2ccccc2-c2cc3c(cc21)oc1ccc(-c2nc(-c4cccc(-c5ccccc5)c4)nc(-c4cccc(-c5ccccc5)c4)n2)cc13.CCC1(CC)c2ccccc2-c2cc3c(cc21)oc1c(-c2nc(-c4ccccc4)c4ccccc4n2)cccc13.CCC1(CC)c2ccccc2-c2cc3c(cc21)oc1ccc(-c2nc(-c4ccccc4)nc(-c4ccc5oc6ccccc6c5c4)n2)cc13. The molecule has 3 aliphatic rings. The van der Waals surface area contributed by atoms with Gasteiger partial charge in [0.2, 0.25) is 0 Å². The molecule has 0 N–H and O–H groups in total. The minimum atomic E-state index is -0.0580. The Labute approximate surface area is 820 Å². The van der Waals surface area contributed by atoms with Crippen molar-refractivity contribution in [3.8, 4) is 147 Å². The predicted octanol–water partition coefficient (Wildman–Crippen LogP) is 34.5. The maximum Gasteiger partial charge on any atom is 0.164 e. The van der Waals surface area contributed by atoms with Crippen molar-refractivity contribution in [1.29, 1.82) is 0 Å². The van der Waals surface area contributed by atoms with E-state index in [4.69, 9.17) is 57.5 Å². The second-order valence-corrected chi connectivity index (χ2v) is 38.0. The lowest BCUT2D eigenvalue weighted by molar-refractivity contribution is 0.490. The van der Waals surface area contributed by atoms with Gasteiger partial charge in [0.15, 0.2) is 40.8 Å². The zero-order chi connectivity index (χ0) is 95.1. The second-order valence-electron chi connectivity index (χ2n) is 38.0. The molecular formula is C130H94N8O4. The van der Waals surface area contributed by atoms with Crippen molar-refractivity contribution in [3.63, 3.8) is 0 Å². The van der Waals surface area contributed by atoms with Crippen LogP contribution in [0.15, 0.2) is 418 Å². The zero-order valence-electron chi connectivity index (χ0n) is 79.4. The lowest BCUT2D eigenvalue weighted by Gasteiger charge is -2.29. The first-order valence-corrected chi connectivity index (χ1v) is 49.4. The van der Waals surface area contributed by atoms with Gasteiger partial charge in [0, 0.05) is 104 Å². The van der Waals surface area contributed by atoms with Crippen LogP contribution in [-0.4, -0.2) is 39.9 Å². The van der Waals surface area contributed by atoms with Crippen LogP contribution in [0.25, 0.3) is 245 Å². The van der Waals surface area contributed by atoms with Crippen LogP contribution < -0.4 is 0 Å². The number of para-hydroxylation sites is 3. The summed E-state index contributed by atoms with van der Waals surface area (Å²) in [4.78, 5) is 40.7. The van der Waals surface area contributed by atoms with Gasteiger partial charge in [0.1, 0.15) is 44.7 Å². The van der Waals surface area contributed by atoms with Gasteiger partial charge in [0.25, 0.3) is 0 Å². The minimum absolute atomic E-state index is 0.00790. The largest absolute Gasteiger partial charge is 0.456 e. The summed E-state index contributed by atoms with van der Waals surface area (Å²) >= 11 is 0. The van der Waals surface area contributed by atoms with E-state index in [1.165, 1.54) is 66.8 Å². The third-order valence-electron chi connectivity index (χ3n) is 30.7. The van der Waals surface area contributed by atoms with E-state index in [-0.39, 0.29) is 16.2 Å². The van der Waals surface area contributed by atoms with Crippen LogP contribution in [0.2, 0.25) is 0 Å². The Morgan fingerprint density at radius 2 is 0.514 bits per heavy atom. The molecule has 0 bridgehead atoms. The van der Waals surface area contributed by atoms with E-state index in [0.29, 0.717) is 40.8 Å². The monoisotopic (exact) mass is 1830 g/mol. The van der Waals surface area contributed by atoms with Crippen molar-refractivity contribution in [2.45, 2.75) is 89.9 Å². The number of benzene rings is 18. The molecule has 7 aromatic heterocycles. The first kappa shape index (κ1) is 85.0. The molecule has 1 atom stereocenters. The van der Waals surface area contributed by atoms with E-state index < -0.39 is 0 Å². The van der Waals surface area contributed by atoms with Gasteiger partial charge in [-0.15, -0.1) is 0 Å². The van der Waals surface area contributed by atoms with E-state index in [2.05, 4.69) is 345 Å². The van der Waals surface area contributed by atoms with Crippen molar-refractivity contribution < 1.29 is 17.7 Å². The van der Waals surface area contributed by atoms with Crippen LogP contribution in [0.1, 0.15) is 107 Å². The summed E-state index contributed by atoms with van der Waals surface area (Å²) in [6.07, 6.45) is 5.20. The average molecular weight is 1830 g/mol. The third-order valence-corrected chi connectivity index (χ3v) is 30.7. The number of fused-ring (bicyclic) bond motifs is 22. The van der Waals surface area contributed by atoms with E-state index in [1.807, 2.05) is 97.1 Å². The van der Waals surface area contributed by atoms with Gasteiger partial charge >= 0.3 is 0 Å². The standard InChI is InChI=1S/C49H35N3O.C44H31N3O2.C37H28N2O/c1-3-49(2)42-23-11-10-22-38(42)39-29-41-40-28-37(24-25-44(40)53-45(41)30-43(39)49)48-51-46(35-20-12-18-33(26-35)31-14-6-4-7-15-31)50-47(52-48)36-21-13-19-34(27-36)32-16-8-5-9-17-32;1-3-44(4-2)35-16-10-8-14-29(35)31-24-34-33-23-28(19-21-39(33)49-40(34)25-36(31)44)43-46-41(26-12-6-5-7-13-26)45-42(47-43)27-18-20-38-32(22-27)30-15-9-11-17-37(30)48-38;1-3-37(4-2)30-19-10-8-15-24(30)28-21-29-25-17-12-18-27(35(25)40-33(29)22-31(28)37)36-38-32-20-11-9-16-26(32)34(39-36)23-13-6-5-7-14-23/h4-30H,3H2,1-2H3;5-25H,3-4H2,1-2H3;5-22H,3-4H2,1-2H3. The number of aromatic nitrogens is 8. The van der Waals surface area contributed by atoms with Gasteiger partial charge < -0.3 is 17.7 Å². The lowest BCUT2D eigenvalue weighted by atomic mass is 9.74. The number of hydrogen-bond acceptors (Lipinski definition) is 12. The molecule has 0 fully saturated rings. The number of rotatable bonds is 15. The van der Waals surface area contributed by atoms with Crippen molar-refractivity contribution in [2.75, 3.05) is 0 Å². The van der Waals surface area contributed by atoms with Gasteiger partial charge in [-0.05, 0) is 242 Å². The summed E-state index contributed by atoms with van der Waals surface area (Å²) in [5.74, 6) is 4.38. The average Bonchev–Trinajstić information content (AvgIpc) is 1.55. The molecule has 0 aliphatic heterocycles. The summed E-state index contributed by atoms with van der Waals surface area (Å²) in [5, 5.41) is 9.66. The predicted molar refractivity (Wildman–Crippen MR) is 578 cm³/mol. The van der Waals surface area contributed by atoms with Crippen LogP contribution in [0.3, 0.4) is 0 Å². The molecule has 0 spiro atoms. The Morgan fingerprint density at radius 3 is 1.01 bits per heavy atom. The van der Waals surface area contributed by atoms with Gasteiger partial charge in [0.05, 0.1) is 16.8 Å². The van der Waals surface area contributed by atoms with Crippen molar-refractivity contribution in [3.05, 3.63) is 434 Å². The summed E-state index contributed by atoms with van der Waals surface area (Å²) < 4.78 is 25.9. The maximum absolute atomic E-state index is 6.72. The molecule has 1 unspecified atom stereocenters. The van der Waals surface area contributed by atoms with Gasteiger partial charge in [-0.3, -0.25) is 0 Å². The first-order chi connectivity index (χ1) is 69.9. The summed E-state index contributed by atoms with van der Waals surface area (Å²) in [6, 6.07) is 140. The van der Waals surface area contributed by atoms with Crippen molar-refractivity contribution in [1.82, 2.24) is 39.9 Å². The molecule has 7 heterocycles. The Kier molecular flexibility index (Phi) is 20.3. The molecule has 0 amide bonds. The summed E-state index contributed by atoms with van der Waals surface area (Å²) in [6.45, 7) is 13.8. The molecule has 3 aliphatic carbocycles. The van der Waals surface area contributed by atoms with Gasteiger partial charge in [-0.1, -0.05) is 321 Å². The number of hydrogen-bond donors (Lipinski definition) is 0. The Bertz CT molecular complexity index is 9270. The molecule has 12 nitrogen and oxygen atoms in total. The molecule has 18 aromatic carbocycles. The normalized spacial score (nSPS) is 14.0. The van der Waals surface area contributed by atoms with Crippen molar-refractivity contribution >= 4 is 98.7 Å². The molecule has 25 aromatic rings. The highest BCUT2D eigenvalue weighted by Gasteiger charge is 2.44. The highest BCUT2D eigenvalue weighted by molar-refractivity contribution is 6.14. The Balaban J connectivity index is 0.000000110. The molecule has 0 radical (unpaired) electrons. The third kappa shape index (κ3) is 13.8. The van der Waals surface area contributed by atoms with Gasteiger partial charge in [-0.25, -0.2) is 39.9 Å². The zero-order valence-corrected chi connectivity index (χ0v) is 79.4. The molecule has 28 rings (SSSR count). The van der Waals surface area contributed by atoms with E-state index in [9.17, 15) is 0 Å². The van der Waals surface area contributed by atoms with Crippen molar-refractivity contribution in [2.24, 2.45) is 0 Å². The summed E-state index contributed by atoms with van der Waals surface area (Å²) in [7, 11) is 0. The van der Waals surface area contributed by atoms with Crippen LogP contribution in [0.4, 0.5) is 0 Å². The molecule has 0 saturated carbocycles. The Hall–Kier alpha value is -17.5. The number of nitrogens with zero attached hydrogens (tertiary/aromatic N) is 8. The fraction of sp³-hybridized carbons (Fsp3) is 0.108.